The quantitative estimate of drug-likeness (QED) is 0.465. The highest BCUT2D eigenvalue weighted by molar-refractivity contribution is 7.80. The second kappa shape index (κ2) is 12.7. The SMILES string of the molecule is NCCCc1ncco1.O=C(O)C(=O)O.Sc1cc(Cl)ccc1Cl. The second-order valence-electron chi connectivity index (χ2n) is 4.02. The van der Waals surface area contributed by atoms with Crippen molar-refractivity contribution in [3.05, 3.63) is 46.6 Å². The number of nitrogens with two attached hydrogens (primary N) is 1. The molecule has 0 radical (unpaired) electrons. The summed E-state index contributed by atoms with van der Waals surface area (Å²) in [5.41, 5.74) is 5.28. The van der Waals surface area contributed by atoms with E-state index in [9.17, 15) is 0 Å². The average Bonchev–Trinajstić information content (AvgIpc) is 3.04. The molecule has 0 amide bonds. The molecule has 1 heterocycles. The zero-order valence-corrected chi connectivity index (χ0v) is 14.8. The molecule has 24 heavy (non-hydrogen) atoms. The number of hydrogen-bond donors (Lipinski definition) is 4. The van der Waals surface area contributed by atoms with Crippen molar-refractivity contribution in [2.45, 2.75) is 17.7 Å². The molecule has 7 nitrogen and oxygen atoms in total. The van der Waals surface area contributed by atoms with Crippen molar-refractivity contribution in [2.75, 3.05) is 6.54 Å². The van der Waals surface area contributed by atoms with Gasteiger partial charge in [-0.25, -0.2) is 14.6 Å². The average molecular weight is 395 g/mol. The third kappa shape index (κ3) is 10.9. The van der Waals surface area contributed by atoms with Gasteiger partial charge in [-0.05, 0) is 31.2 Å². The highest BCUT2D eigenvalue weighted by atomic mass is 35.5. The van der Waals surface area contributed by atoms with E-state index in [4.69, 9.17) is 53.2 Å². The van der Waals surface area contributed by atoms with Crippen molar-refractivity contribution < 1.29 is 24.2 Å². The van der Waals surface area contributed by atoms with Crippen molar-refractivity contribution >= 4 is 47.8 Å². The molecule has 0 spiro atoms. The summed E-state index contributed by atoms with van der Waals surface area (Å²) in [6.07, 6.45) is 5.02. The van der Waals surface area contributed by atoms with E-state index in [1.165, 1.54) is 0 Å². The van der Waals surface area contributed by atoms with Gasteiger partial charge in [0.2, 0.25) is 0 Å². The van der Waals surface area contributed by atoms with E-state index in [0.717, 1.165) is 18.7 Å². The Morgan fingerprint density at radius 3 is 2.25 bits per heavy atom. The van der Waals surface area contributed by atoms with E-state index >= 15 is 0 Å². The van der Waals surface area contributed by atoms with Gasteiger partial charge in [-0.15, -0.1) is 12.6 Å². The lowest BCUT2D eigenvalue weighted by Gasteiger charge is -1.94. The molecular weight excluding hydrogens is 379 g/mol. The molecular formula is C14H16Cl2N2O5S. The molecule has 1 aromatic heterocycles. The number of thiol groups is 1. The Kier molecular flexibility index (Phi) is 11.7. The maximum Gasteiger partial charge on any atom is 0.414 e. The fourth-order valence-electron chi connectivity index (χ4n) is 1.12. The first kappa shape index (κ1) is 22.3. The smallest absolute Gasteiger partial charge is 0.414 e. The number of carboxylic acid groups (broad SMARTS) is 2. The van der Waals surface area contributed by atoms with E-state index in [1.54, 1.807) is 30.7 Å². The second-order valence-corrected chi connectivity index (χ2v) is 5.35. The lowest BCUT2D eigenvalue weighted by Crippen LogP contribution is -2.09. The number of aromatic nitrogens is 1. The van der Waals surface area contributed by atoms with Gasteiger partial charge in [0.15, 0.2) is 5.89 Å². The van der Waals surface area contributed by atoms with Crippen molar-refractivity contribution in [3.8, 4) is 0 Å². The van der Waals surface area contributed by atoms with Gasteiger partial charge in [0.05, 0.1) is 11.2 Å². The number of oxazole rings is 1. The van der Waals surface area contributed by atoms with E-state index in [0.29, 0.717) is 21.5 Å². The molecule has 4 N–H and O–H groups in total. The predicted octanol–water partition coefficient (Wildman–Crippen LogP) is 3.00. The molecule has 2 rings (SSSR count). The van der Waals surface area contributed by atoms with Crippen LogP contribution >= 0.6 is 35.8 Å². The molecule has 2 aromatic rings. The minimum Gasteiger partial charge on any atom is -0.473 e. The van der Waals surface area contributed by atoms with Crippen LogP contribution in [-0.4, -0.2) is 33.7 Å². The lowest BCUT2D eigenvalue weighted by molar-refractivity contribution is -0.159. The van der Waals surface area contributed by atoms with Crippen LogP contribution in [0, 0.1) is 0 Å². The number of rotatable bonds is 3. The highest BCUT2D eigenvalue weighted by Crippen LogP contribution is 2.22. The standard InChI is InChI=1S/C6H4Cl2S.C6H10N2O.C2H2O4/c7-4-1-2-5(8)6(9)3-4;7-3-1-2-6-8-4-5-9-6;3-1(4)2(5)6/h1-3,9H;4-5H,1-3,7H2;(H,3,4)(H,5,6). The number of halogens is 2. The third-order valence-electron chi connectivity index (χ3n) is 2.17. The molecule has 10 heteroatoms. The van der Waals surface area contributed by atoms with Gasteiger partial charge in [-0.1, -0.05) is 23.2 Å². The summed E-state index contributed by atoms with van der Waals surface area (Å²) < 4.78 is 4.97. The van der Waals surface area contributed by atoms with Crippen LogP contribution < -0.4 is 5.73 Å². The van der Waals surface area contributed by atoms with Gasteiger partial charge >= 0.3 is 11.9 Å². The van der Waals surface area contributed by atoms with Crippen LogP contribution in [0.3, 0.4) is 0 Å². The fraction of sp³-hybridized carbons (Fsp3) is 0.214. The lowest BCUT2D eigenvalue weighted by atomic mass is 10.3. The van der Waals surface area contributed by atoms with Crippen LogP contribution in [0.25, 0.3) is 0 Å². The maximum atomic E-state index is 9.10. The first-order valence-corrected chi connectivity index (χ1v) is 7.66. The molecule has 132 valence electrons. The molecule has 0 atom stereocenters. The van der Waals surface area contributed by atoms with Gasteiger partial charge in [0.25, 0.3) is 0 Å². The fourth-order valence-corrected chi connectivity index (χ4v) is 1.69. The van der Waals surface area contributed by atoms with Crippen molar-refractivity contribution in [1.29, 1.82) is 0 Å². The molecule has 0 aliphatic heterocycles. The largest absolute Gasteiger partial charge is 0.473 e. The summed E-state index contributed by atoms with van der Waals surface area (Å²) >= 11 is 15.3. The summed E-state index contributed by atoms with van der Waals surface area (Å²) in [6, 6.07) is 5.14. The van der Waals surface area contributed by atoms with Crippen LogP contribution in [0.1, 0.15) is 12.3 Å². The topological polar surface area (TPSA) is 127 Å². The maximum absolute atomic E-state index is 9.10. The predicted molar refractivity (Wildman–Crippen MR) is 92.9 cm³/mol. The molecule has 0 unspecified atom stereocenters. The first-order valence-electron chi connectivity index (χ1n) is 6.46. The van der Waals surface area contributed by atoms with Crippen molar-refractivity contribution in [1.82, 2.24) is 4.98 Å². The minimum absolute atomic E-state index is 0.628. The van der Waals surface area contributed by atoms with Crippen LogP contribution in [0.4, 0.5) is 0 Å². The number of nitrogens with zero attached hydrogens (tertiary/aromatic N) is 1. The van der Waals surface area contributed by atoms with Gasteiger partial charge in [-0.3, -0.25) is 0 Å². The normalized spacial score (nSPS) is 9.17. The minimum atomic E-state index is -1.82. The van der Waals surface area contributed by atoms with Gasteiger partial charge < -0.3 is 20.4 Å². The molecule has 0 saturated carbocycles. The van der Waals surface area contributed by atoms with Gasteiger partial charge in [-0.2, -0.15) is 0 Å². The van der Waals surface area contributed by atoms with Crippen molar-refractivity contribution in [2.24, 2.45) is 5.73 Å². The molecule has 0 bridgehead atoms. The molecule has 1 aromatic carbocycles. The number of benzene rings is 1. The summed E-state index contributed by atoms with van der Waals surface area (Å²) in [5.74, 6) is -2.87. The van der Waals surface area contributed by atoms with Gasteiger partial charge in [0.1, 0.15) is 6.26 Å². The Morgan fingerprint density at radius 1 is 1.25 bits per heavy atom. The van der Waals surface area contributed by atoms with E-state index in [2.05, 4.69) is 17.6 Å². The molecule has 0 saturated heterocycles. The number of aryl methyl sites for hydroxylation is 1. The zero-order valence-electron chi connectivity index (χ0n) is 12.4. The summed E-state index contributed by atoms with van der Waals surface area (Å²) in [6.45, 7) is 0.697. The summed E-state index contributed by atoms with van der Waals surface area (Å²) in [7, 11) is 0. The van der Waals surface area contributed by atoms with E-state index in [-0.39, 0.29) is 0 Å². The Hall–Kier alpha value is -1.74. The Balaban J connectivity index is 0.000000340. The molecule has 0 aliphatic carbocycles. The Bertz CT molecular complexity index is 626. The van der Waals surface area contributed by atoms with Crippen LogP contribution in [0.5, 0.6) is 0 Å². The molecule has 0 fully saturated rings. The summed E-state index contributed by atoms with van der Waals surface area (Å²) in [4.78, 5) is 22.8. The van der Waals surface area contributed by atoms with Crippen LogP contribution in [0.15, 0.2) is 40.0 Å². The number of aliphatic carboxylic acids is 2. The van der Waals surface area contributed by atoms with Gasteiger partial charge in [0, 0.05) is 16.3 Å². The molecule has 0 aliphatic rings. The monoisotopic (exact) mass is 394 g/mol. The zero-order chi connectivity index (χ0) is 18.5. The highest BCUT2D eigenvalue weighted by Gasteiger charge is 2.04. The Morgan fingerprint density at radius 2 is 1.88 bits per heavy atom. The number of hydrogen-bond acceptors (Lipinski definition) is 6. The van der Waals surface area contributed by atoms with Crippen LogP contribution in [-0.2, 0) is 16.0 Å². The Labute approximate surface area is 153 Å². The summed E-state index contributed by atoms with van der Waals surface area (Å²) in [5, 5.41) is 16.1. The number of carboxylic acids is 2. The van der Waals surface area contributed by atoms with E-state index in [1.807, 2.05) is 0 Å². The van der Waals surface area contributed by atoms with E-state index < -0.39 is 11.9 Å². The number of carbonyl (C=O) groups is 2. The third-order valence-corrected chi connectivity index (χ3v) is 3.24. The van der Waals surface area contributed by atoms with Crippen LogP contribution in [0.2, 0.25) is 10.0 Å². The van der Waals surface area contributed by atoms with Crippen molar-refractivity contribution in [3.63, 3.8) is 0 Å². The first-order chi connectivity index (χ1) is 11.3.